The number of ether oxygens (including phenoxy) is 1. The SMILES string of the molecule is C/C=C\C=C/C/C=C/CC.CC1=CN=C(NC(=O)Nc2ccc(C(N)=O)cc2OCCCN(C)C)C#CN1. The number of aliphatic imine (C=N–C) groups is 1. The van der Waals surface area contributed by atoms with Gasteiger partial charge in [0, 0.05) is 30.0 Å². The Kier molecular flexibility index (Phi) is 15.8. The maximum atomic E-state index is 12.3. The molecule has 0 saturated carbocycles. The van der Waals surface area contributed by atoms with Gasteiger partial charge < -0.3 is 26.0 Å². The van der Waals surface area contributed by atoms with Crippen molar-refractivity contribution in [1.82, 2.24) is 15.5 Å². The van der Waals surface area contributed by atoms with Crippen molar-refractivity contribution in [3.63, 3.8) is 0 Å². The molecule has 0 aliphatic carbocycles. The summed E-state index contributed by atoms with van der Waals surface area (Å²) in [5.41, 5.74) is 6.79. The second-order valence-corrected chi connectivity index (χ2v) is 8.39. The molecular formula is C29H40N6O3. The summed E-state index contributed by atoms with van der Waals surface area (Å²) >= 11 is 0. The zero-order chi connectivity index (χ0) is 28.2. The first-order chi connectivity index (χ1) is 18.3. The molecule has 0 saturated heterocycles. The number of amidine groups is 1. The summed E-state index contributed by atoms with van der Waals surface area (Å²) < 4.78 is 5.75. The molecule has 0 aromatic heterocycles. The van der Waals surface area contributed by atoms with E-state index in [4.69, 9.17) is 10.5 Å². The smallest absolute Gasteiger partial charge is 0.325 e. The monoisotopic (exact) mass is 520 g/mol. The van der Waals surface area contributed by atoms with E-state index in [1.807, 2.05) is 38.1 Å². The van der Waals surface area contributed by atoms with Gasteiger partial charge in [-0.05, 0) is 71.3 Å². The largest absolute Gasteiger partial charge is 0.491 e. The molecule has 0 bridgehead atoms. The first kappa shape index (κ1) is 31.7. The molecule has 3 amide bonds. The highest BCUT2D eigenvalue weighted by molar-refractivity contribution is 6.11. The zero-order valence-corrected chi connectivity index (χ0v) is 23.0. The van der Waals surface area contributed by atoms with Crippen molar-refractivity contribution >= 4 is 23.5 Å². The molecule has 0 fully saturated rings. The number of carbonyl (C=O) groups is 2. The van der Waals surface area contributed by atoms with Gasteiger partial charge in [-0.3, -0.25) is 10.1 Å². The number of primary amides is 1. The van der Waals surface area contributed by atoms with Crippen LogP contribution >= 0.6 is 0 Å². The molecule has 1 aromatic carbocycles. The lowest BCUT2D eigenvalue weighted by molar-refractivity contribution is 0.1000. The molecule has 1 aromatic rings. The van der Waals surface area contributed by atoms with Crippen LogP contribution in [0, 0.1) is 12.0 Å². The van der Waals surface area contributed by atoms with Crippen LogP contribution in [0.3, 0.4) is 0 Å². The lowest BCUT2D eigenvalue weighted by atomic mass is 10.2. The fraction of sp³-hybridized carbons (Fsp3) is 0.345. The predicted molar refractivity (Wildman–Crippen MR) is 156 cm³/mol. The molecule has 38 heavy (non-hydrogen) atoms. The van der Waals surface area contributed by atoms with Crippen LogP contribution in [-0.4, -0.2) is 49.9 Å². The number of hydrogen-bond donors (Lipinski definition) is 4. The van der Waals surface area contributed by atoms with Crippen LogP contribution in [0.4, 0.5) is 10.5 Å². The Balaban J connectivity index is 0.000000612. The summed E-state index contributed by atoms with van der Waals surface area (Å²) in [6, 6.07) is 6.72. The number of allylic oxidation sites excluding steroid dienone is 7. The highest BCUT2D eigenvalue weighted by Gasteiger charge is 2.12. The van der Waals surface area contributed by atoms with Gasteiger partial charge in [-0.1, -0.05) is 43.4 Å². The summed E-state index contributed by atoms with van der Waals surface area (Å²) in [5, 5.41) is 8.05. The quantitative estimate of drug-likeness (QED) is 0.148. The minimum atomic E-state index is -0.577. The van der Waals surface area contributed by atoms with Crippen LogP contribution in [0.15, 0.2) is 71.5 Å². The van der Waals surface area contributed by atoms with E-state index in [9.17, 15) is 9.59 Å². The third-order valence-electron chi connectivity index (χ3n) is 4.70. The first-order valence-electron chi connectivity index (χ1n) is 12.5. The first-order valence-corrected chi connectivity index (χ1v) is 12.5. The standard InChI is InChI=1S/C19H24N6O3.C10H16/c1-13-12-22-17(7-8-21-13)24-19(27)23-15-6-5-14(18(20)26)11-16(15)28-10-4-9-25(2)3;1-3-5-7-9-10-8-6-4-2/h5-6,11-12,21H,4,9-10H2,1-3H3,(H2,20,26)(H2,22,23,24,27);3,5-9H,4,10H2,1-2H3/b;5-3-,8-6+,9-7-. The summed E-state index contributed by atoms with van der Waals surface area (Å²) in [6.45, 7) is 7.24. The maximum absolute atomic E-state index is 12.3. The molecule has 1 heterocycles. The number of amides is 3. The van der Waals surface area contributed by atoms with Crippen molar-refractivity contribution in [2.75, 3.05) is 32.6 Å². The van der Waals surface area contributed by atoms with Crippen molar-refractivity contribution in [2.24, 2.45) is 10.7 Å². The second kappa shape index (κ2) is 18.9. The average molecular weight is 521 g/mol. The number of carbonyl (C=O) groups excluding carboxylic acids is 2. The molecule has 2 rings (SSSR count). The van der Waals surface area contributed by atoms with Gasteiger partial charge in [-0.25, -0.2) is 9.79 Å². The molecule has 0 unspecified atom stereocenters. The molecule has 0 spiro atoms. The van der Waals surface area contributed by atoms with Crippen molar-refractivity contribution in [2.45, 2.75) is 40.0 Å². The Morgan fingerprint density at radius 3 is 2.66 bits per heavy atom. The molecular weight excluding hydrogens is 480 g/mol. The molecule has 1 aliphatic rings. The number of nitrogens with one attached hydrogen (secondary N) is 3. The summed E-state index contributed by atoms with van der Waals surface area (Å²) in [6.07, 6.45) is 17.2. The van der Waals surface area contributed by atoms with Gasteiger partial charge in [-0.15, -0.1) is 0 Å². The van der Waals surface area contributed by atoms with E-state index in [1.54, 1.807) is 19.2 Å². The molecule has 0 atom stereocenters. The Bertz CT molecular complexity index is 1120. The number of urea groups is 1. The van der Waals surface area contributed by atoms with Gasteiger partial charge in [-0.2, -0.15) is 0 Å². The average Bonchev–Trinajstić information content (AvgIpc) is 3.08. The van der Waals surface area contributed by atoms with Crippen molar-refractivity contribution in [3.8, 4) is 17.7 Å². The van der Waals surface area contributed by atoms with Crippen LogP contribution in [0.5, 0.6) is 5.75 Å². The Morgan fingerprint density at radius 2 is 1.97 bits per heavy atom. The minimum Gasteiger partial charge on any atom is -0.491 e. The summed E-state index contributed by atoms with van der Waals surface area (Å²) in [5.74, 6) is 2.67. The minimum absolute atomic E-state index is 0.198. The maximum Gasteiger partial charge on any atom is 0.325 e. The lowest BCUT2D eigenvalue weighted by Gasteiger charge is -2.15. The topological polar surface area (TPSA) is 121 Å². The third kappa shape index (κ3) is 14.3. The van der Waals surface area contributed by atoms with Crippen LogP contribution in [-0.2, 0) is 0 Å². The molecule has 5 N–H and O–H groups in total. The molecule has 9 heteroatoms. The summed E-state index contributed by atoms with van der Waals surface area (Å²) in [4.78, 5) is 29.9. The van der Waals surface area contributed by atoms with Gasteiger partial charge in [0.15, 0.2) is 5.84 Å². The van der Waals surface area contributed by atoms with Gasteiger partial charge in [0.25, 0.3) is 0 Å². The van der Waals surface area contributed by atoms with E-state index in [0.717, 1.165) is 31.5 Å². The Hall–Kier alpha value is -4.29. The third-order valence-corrected chi connectivity index (χ3v) is 4.70. The summed E-state index contributed by atoms with van der Waals surface area (Å²) in [7, 11) is 3.94. The van der Waals surface area contributed by atoms with E-state index < -0.39 is 11.9 Å². The molecule has 0 radical (unpaired) electrons. The number of nitrogens with zero attached hydrogens (tertiary/aromatic N) is 2. The Labute approximate surface area is 226 Å². The predicted octanol–water partition coefficient (Wildman–Crippen LogP) is 4.54. The van der Waals surface area contributed by atoms with Crippen LogP contribution < -0.4 is 26.4 Å². The fourth-order valence-electron chi connectivity index (χ4n) is 2.81. The normalized spacial score (nSPS) is 12.6. The highest BCUT2D eigenvalue weighted by atomic mass is 16.5. The fourth-order valence-corrected chi connectivity index (χ4v) is 2.81. The van der Waals surface area contributed by atoms with Crippen molar-refractivity contribution in [1.29, 1.82) is 0 Å². The van der Waals surface area contributed by atoms with E-state index in [0.29, 0.717) is 23.6 Å². The highest BCUT2D eigenvalue weighted by Crippen LogP contribution is 2.26. The van der Waals surface area contributed by atoms with Crippen LogP contribution in [0.25, 0.3) is 0 Å². The van der Waals surface area contributed by atoms with Crippen LogP contribution in [0.2, 0.25) is 0 Å². The number of hydrogen-bond acceptors (Lipinski definition) is 6. The zero-order valence-electron chi connectivity index (χ0n) is 23.0. The van der Waals surface area contributed by atoms with Crippen molar-refractivity contribution in [3.05, 3.63) is 72.1 Å². The van der Waals surface area contributed by atoms with E-state index >= 15 is 0 Å². The lowest BCUT2D eigenvalue weighted by Crippen LogP contribution is -2.33. The number of nitrogens with two attached hydrogens (primary N) is 1. The second-order valence-electron chi connectivity index (χ2n) is 8.39. The Morgan fingerprint density at radius 1 is 1.18 bits per heavy atom. The van der Waals surface area contributed by atoms with E-state index in [1.165, 1.54) is 12.1 Å². The van der Waals surface area contributed by atoms with E-state index in [-0.39, 0.29) is 5.84 Å². The number of anilines is 1. The molecule has 1 aliphatic heterocycles. The van der Waals surface area contributed by atoms with Gasteiger partial charge in [0.2, 0.25) is 5.91 Å². The molecule has 204 valence electrons. The van der Waals surface area contributed by atoms with Gasteiger partial charge >= 0.3 is 6.03 Å². The van der Waals surface area contributed by atoms with Gasteiger partial charge in [0.1, 0.15) is 5.75 Å². The van der Waals surface area contributed by atoms with Crippen LogP contribution in [0.1, 0.15) is 50.4 Å². The number of rotatable bonds is 11. The van der Waals surface area contributed by atoms with Gasteiger partial charge in [0.05, 0.1) is 12.3 Å². The van der Waals surface area contributed by atoms with E-state index in [2.05, 4.69) is 64.1 Å². The molecule has 9 nitrogen and oxygen atoms in total. The number of benzene rings is 1. The van der Waals surface area contributed by atoms with Crippen molar-refractivity contribution < 1.29 is 14.3 Å².